The van der Waals surface area contributed by atoms with Crippen molar-refractivity contribution in [2.75, 3.05) is 13.1 Å². The van der Waals surface area contributed by atoms with Gasteiger partial charge >= 0.3 is 12.4 Å². The number of amides is 1. The fraction of sp³-hybridized carbons (Fsp3) is 0.500. The number of hydrogen-bond acceptors (Lipinski definition) is 5. The number of nitrogens with one attached hydrogen (secondary N) is 1. The number of aryl methyl sites for hydroxylation is 1. The molecule has 1 saturated carbocycles. The zero-order valence-corrected chi connectivity index (χ0v) is 21.8. The smallest absolute Gasteiger partial charge is 0.331 e. The highest BCUT2D eigenvalue weighted by atomic mass is 32.1. The quantitative estimate of drug-likeness (QED) is 0.388. The summed E-state index contributed by atoms with van der Waals surface area (Å²) in [5.41, 5.74) is -3.66. The molecule has 13 heteroatoms. The van der Waals surface area contributed by atoms with Crippen molar-refractivity contribution in [2.24, 2.45) is 18.4 Å². The Bertz CT molecular complexity index is 1420. The highest BCUT2D eigenvalue weighted by molar-refractivity contribution is 7.18. The Morgan fingerprint density at radius 3 is 2.33 bits per heavy atom. The van der Waals surface area contributed by atoms with E-state index in [-0.39, 0.29) is 29.6 Å². The van der Waals surface area contributed by atoms with Gasteiger partial charge in [0, 0.05) is 26.2 Å². The molecule has 2 fully saturated rings. The average Bonchev–Trinajstić information content (AvgIpc) is 3.36. The van der Waals surface area contributed by atoms with Crippen LogP contribution >= 0.6 is 11.3 Å². The fourth-order valence-electron chi connectivity index (χ4n) is 5.24. The maximum Gasteiger partial charge on any atom is 0.416 e. The van der Waals surface area contributed by atoms with Crippen LogP contribution in [-0.4, -0.2) is 33.4 Å². The summed E-state index contributed by atoms with van der Waals surface area (Å²) in [6.07, 6.45) is -6.87. The molecule has 0 spiro atoms. The van der Waals surface area contributed by atoms with Crippen molar-refractivity contribution < 1.29 is 31.1 Å². The zero-order valence-electron chi connectivity index (χ0n) is 21.0. The molecule has 1 unspecified atom stereocenters. The molecule has 210 valence electrons. The molecule has 1 amide bonds. The van der Waals surface area contributed by atoms with Crippen LogP contribution in [0, 0.1) is 11.3 Å². The lowest BCUT2D eigenvalue weighted by Crippen LogP contribution is -2.45. The molecule has 2 aromatic heterocycles. The minimum Gasteiger partial charge on any atom is -0.331 e. The Morgan fingerprint density at radius 1 is 1.10 bits per heavy atom. The van der Waals surface area contributed by atoms with Gasteiger partial charge in [-0.3, -0.25) is 9.59 Å². The third-order valence-corrected chi connectivity index (χ3v) is 8.54. The van der Waals surface area contributed by atoms with Crippen LogP contribution in [0.3, 0.4) is 0 Å². The molecule has 1 aromatic carbocycles. The summed E-state index contributed by atoms with van der Waals surface area (Å²) in [4.78, 5) is 32.5. The van der Waals surface area contributed by atoms with Crippen molar-refractivity contribution in [1.29, 1.82) is 0 Å². The van der Waals surface area contributed by atoms with Crippen molar-refractivity contribution in [3.8, 4) is 0 Å². The number of alkyl halides is 6. The molecular formula is C26H26F6N4O2S. The Hall–Kier alpha value is -2.93. The minimum atomic E-state index is -4.99. The number of halogens is 6. The standard InChI is InChI=1S/C26H26F6N4O2S/c1-35-21(37)5-4-19-22(35)39-20(34-19)13-36(23(38)24(6-7-33-14-24)11-15-2-3-15)12-16-8-17(25(27,28)29)10-18(9-16)26(30,31)32/h4-5,8-10,15,33H,2-3,6-7,11-14H2,1H3. The summed E-state index contributed by atoms with van der Waals surface area (Å²) in [6, 6.07) is 4.31. The Kier molecular flexibility index (Phi) is 7.03. The zero-order chi connectivity index (χ0) is 28.2. The van der Waals surface area contributed by atoms with Crippen LogP contribution in [0.1, 0.15) is 47.4 Å². The molecule has 1 atom stereocenters. The molecule has 5 rings (SSSR count). The van der Waals surface area contributed by atoms with Gasteiger partial charge in [-0.05, 0) is 55.1 Å². The maximum absolute atomic E-state index is 14.1. The predicted octanol–water partition coefficient (Wildman–Crippen LogP) is 5.34. The van der Waals surface area contributed by atoms with E-state index in [0.717, 1.165) is 24.2 Å². The van der Waals surface area contributed by atoms with Gasteiger partial charge in [0.15, 0.2) is 0 Å². The molecule has 6 nitrogen and oxygen atoms in total. The van der Waals surface area contributed by atoms with Crippen LogP contribution in [-0.2, 0) is 37.3 Å². The molecule has 3 aromatic rings. The number of thiazole rings is 1. The number of benzene rings is 1. The van der Waals surface area contributed by atoms with E-state index >= 15 is 0 Å². The van der Waals surface area contributed by atoms with Gasteiger partial charge in [0.25, 0.3) is 5.56 Å². The first-order valence-corrected chi connectivity index (χ1v) is 13.3. The summed E-state index contributed by atoms with van der Waals surface area (Å²) < 4.78 is 82.6. The summed E-state index contributed by atoms with van der Waals surface area (Å²) in [5, 5.41) is 3.63. The lowest BCUT2D eigenvalue weighted by atomic mass is 9.80. The van der Waals surface area contributed by atoms with E-state index < -0.39 is 35.4 Å². The van der Waals surface area contributed by atoms with Gasteiger partial charge in [0.2, 0.25) is 5.91 Å². The summed E-state index contributed by atoms with van der Waals surface area (Å²) >= 11 is 1.16. The lowest BCUT2D eigenvalue weighted by molar-refractivity contribution is -0.143. The number of hydrogen-bond donors (Lipinski definition) is 1. The highest BCUT2D eigenvalue weighted by Crippen LogP contribution is 2.45. The summed E-state index contributed by atoms with van der Waals surface area (Å²) in [5.74, 6) is 0.0524. The second-order valence-corrected chi connectivity index (χ2v) is 11.5. The second kappa shape index (κ2) is 9.92. The van der Waals surface area contributed by atoms with Crippen LogP contribution in [0.15, 0.2) is 35.1 Å². The number of rotatable bonds is 7. The Labute approximate surface area is 223 Å². The SMILES string of the molecule is Cn1c(=O)ccc2nc(CN(Cc3cc(C(F)(F)F)cc(C(F)(F)F)c3)C(=O)C3(CC4CC4)CCNC3)sc21. The Balaban J connectivity index is 1.55. The molecule has 2 aliphatic rings. The van der Waals surface area contributed by atoms with E-state index in [0.29, 0.717) is 59.3 Å². The fourth-order valence-corrected chi connectivity index (χ4v) is 6.27. The van der Waals surface area contributed by atoms with E-state index in [2.05, 4.69) is 10.3 Å². The molecule has 1 N–H and O–H groups in total. The van der Waals surface area contributed by atoms with Crippen molar-refractivity contribution in [2.45, 2.75) is 51.1 Å². The van der Waals surface area contributed by atoms with Gasteiger partial charge in [-0.1, -0.05) is 24.2 Å². The van der Waals surface area contributed by atoms with Crippen molar-refractivity contribution in [1.82, 2.24) is 19.8 Å². The van der Waals surface area contributed by atoms with Crippen LogP contribution in [0.2, 0.25) is 0 Å². The number of pyridine rings is 1. The van der Waals surface area contributed by atoms with Crippen LogP contribution < -0.4 is 10.9 Å². The van der Waals surface area contributed by atoms with Gasteiger partial charge in [-0.2, -0.15) is 26.3 Å². The molecule has 1 aliphatic heterocycles. The lowest BCUT2D eigenvalue weighted by Gasteiger charge is -2.34. The van der Waals surface area contributed by atoms with E-state index in [9.17, 15) is 35.9 Å². The number of aromatic nitrogens is 2. The Morgan fingerprint density at radius 2 is 1.77 bits per heavy atom. The van der Waals surface area contributed by atoms with Crippen LogP contribution in [0.5, 0.6) is 0 Å². The summed E-state index contributed by atoms with van der Waals surface area (Å²) in [7, 11) is 1.58. The minimum absolute atomic E-state index is 0.0825. The molecule has 0 bridgehead atoms. The largest absolute Gasteiger partial charge is 0.416 e. The molecule has 39 heavy (non-hydrogen) atoms. The van der Waals surface area contributed by atoms with Gasteiger partial charge in [-0.15, -0.1) is 0 Å². The van der Waals surface area contributed by atoms with E-state index in [1.165, 1.54) is 15.5 Å². The molecular weight excluding hydrogens is 546 g/mol. The van der Waals surface area contributed by atoms with E-state index in [4.69, 9.17) is 0 Å². The third kappa shape index (κ3) is 5.84. The van der Waals surface area contributed by atoms with Crippen LogP contribution in [0.25, 0.3) is 10.3 Å². The number of carbonyl (C=O) groups is 1. The number of nitrogens with zero attached hydrogens (tertiary/aromatic N) is 3. The summed E-state index contributed by atoms with van der Waals surface area (Å²) in [6.45, 7) is 0.421. The first-order valence-electron chi connectivity index (χ1n) is 12.5. The van der Waals surface area contributed by atoms with Crippen molar-refractivity contribution in [3.63, 3.8) is 0 Å². The van der Waals surface area contributed by atoms with E-state index in [1.54, 1.807) is 13.1 Å². The first-order chi connectivity index (χ1) is 18.2. The van der Waals surface area contributed by atoms with Crippen molar-refractivity contribution >= 4 is 27.6 Å². The predicted molar refractivity (Wildman–Crippen MR) is 133 cm³/mol. The van der Waals surface area contributed by atoms with E-state index in [1.807, 2.05) is 0 Å². The van der Waals surface area contributed by atoms with Gasteiger partial charge < -0.3 is 14.8 Å². The number of fused-ring (bicyclic) bond motifs is 1. The molecule has 0 radical (unpaired) electrons. The van der Waals surface area contributed by atoms with Crippen molar-refractivity contribution in [3.05, 3.63) is 62.4 Å². The third-order valence-electron chi connectivity index (χ3n) is 7.41. The van der Waals surface area contributed by atoms with Gasteiger partial charge in [-0.25, -0.2) is 4.98 Å². The molecule has 1 aliphatic carbocycles. The topological polar surface area (TPSA) is 67.2 Å². The van der Waals surface area contributed by atoms with Crippen LogP contribution in [0.4, 0.5) is 26.3 Å². The maximum atomic E-state index is 14.1. The van der Waals surface area contributed by atoms with Gasteiger partial charge in [0.1, 0.15) is 9.84 Å². The number of carbonyl (C=O) groups excluding carboxylic acids is 1. The monoisotopic (exact) mass is 572 g/mol. The molecule has 3 heterocycles. The normalized spacial score (nSPS) is 20.1. The van der Waals surface area contributed by atoms with Gasteiger partial charge in [0.05, 0.1) is 28.6 Å². The highest BCUT2D eigenvalue weighted by Gasteiger charge is 2.47. The average molecular weight is 573 g/mol. The first kappa shape index (κ1) is 27.6. The second-order valence-electron chi connectivity index (χ2n) is 10.5. The molecule has 1 saturated heterocycles.